The quantitative estimate of drug-likeness (QED) is 0.777. The topological polar surface area (TPSA) is 29.3 Å². The van der Waals surface area contributed by atoms with Gasteiger partial charge in [0.15, 0.2) is 0 Å². The fourth-order valence-electron chi connectivity index (χ4n) is 3.74. The lowest BCUT2D eigenvalue weighted by Crippen LogP contribution is -2.46. The smallest absolute Gasteiger partial charge is 0.0126 e. The molecule has 16 heavy (non-hydrogen) atoms. The maximum Gasteiger partial charge on any atom is 0.0126 e. The summed E-state index contributed by atoms with van der Waals surface area (Å²) >= 11 is 0. The summed E-state index contributed by atoms with van der Waals surface area (Å²) in [6.45, 7) is 10.1. The van der Waals surface area contributed by atoms with E-state index < -0.39 is 0 Å². The van der Waals surface area contributed by atoms with Gasteiger partial charge in [0.1, 0.15) is 0 Å². The summed E-state index contributed by atoms with van der Waals surface area (Å²) < 4.78 is 0. The molecule has 2 rings (SSSR count). The molecule has 2 fully saturated rings. The molecule has 2 heteroatoms. The lowest BCUT2D eigenvalue weighted by atomic mass is 9.89. The van der Waals surface area contributed by atoms with E-state index in [4.69, 9.17) is 5.73 Å². The molecule has 0 aliphatic heterocycles. The molecule has 0 amide bonds. The van der Waals surface area contributed by atoms with E-state index in [2.05, 4.69) is 25.7 Å². The van der Waals surface area contributed by atoms with Crippen LogP contribution in [-0.4, -0.2) is 30.6 Å². The first kappa shape index (κ1) is 12.4. The van der Waals surface area contributed by atoms with Crippen molar-refractivity contribution in [3.63, 3.8) is 0 Å². The molecular weight excluding hydrogens is 196 g/mol. The molecule has 2 bridgehead atoms. The highest BCUT2D eigenvalue weighted by atomic mass is 15.2. The van der Waals surface area contributed by atoms with Crippen molar-refractivity contribution < 1.29 is 0 Å². The monoisotopic (exact) mass is 224 g/mol. The van der Waals surface area contributed by atoms with Crippen LogP contribution in [0, 0.1) is 17.3 Å². The van der Waals surface area contributed by atoms with Gasteiger partial charge in [-0.05, 0) is 49.6 Å². The van der Waals surface area contributed by atoms with Crippen molar-refractivity contribution in [2.45, 2.75) is 52.5 Å². The first-order valence-electron chi connectivity index (χ1n) is 7.00. The number of hydrogen-bond acceptors (Lipinski definition) is 2. The lowest BCUT2D eigenvalue weighted by Gasteiger charge is -2.38. The first-order valence-corrected chi connectivity index (χ1v) is 7.00. The Morgan fingerprint density at radius 1 is 1.25 bits per heavy atom. The third kappa shape index (κ3) is 2.43. The lowest BCUT2D eigenvalue weighted by molar-refractivity contribution is 0.102. The summed E-state index contributed by atoms with van der Waals surface area (Å²) in [7, 11) is 0. The SMILES string of the molecule is CCN(CC(C)(C)CN)C1CC2CCC1C2. The summed E-state index contributed by atoms with van der Waals surface area (Å²) in [5.74, 6) is 2.04. The predicted octanol–water partition coefficient (Wildman–Crippen LogP) is 2.48. The average Bonchev–Trinajstić information content (AvgIpc) is 2.87. The van der Waals surface area contributed by atoms with E-state index in [-0.39, 0.29) is 5.41 Å². The fraction of sp³-hybridized carbons (Fsp3) is 1.00. The average molecular weight is 224 g/mol. The van der Waals surface area contributed by atoms with Crippen molar-refractivity contribution >= 4 is 0 Å². The van der Waals surface area contributed by atoms with Crippen LogP contribution in [0.1, 0.15) is 46.5 Å². The summed E-state index contributed by atoms with van der Waals surface area (Å²) in [6, 6.07) is 0.870. The Bertz CT molecular complexity index is 237. The highest BCUT2D eigenvalue weighted by Crippen LogP contribution is 2.46. The van der Waals surface area contributed by atoms with E-state index >= 15 is 0 Å². The van der Waals surface area contributed by atoms with E-state index in [0.29, 0.717) is 0 Å². The largest absolute Gasteiger partial charge is 0.330 e. The zero-order valence-corrected chi connectivity index (χ0v) is 11.2. The van der Waals surface area contributed by atoms with Crippen molar-refractivity contribution in [3.8, 4) is 0 Å². The molecule has 2 aliphatic rings. The van der Waals surface area contributed by atoms with Crippen molar-refractivity contribution in [2.24, 2.45) is 23.0 Å². The molecule has 0 aromatic rings. The standard InChI is InChI=1S/C14H28N2/c1-4-16(10-14(2,3)9-15)13-8-11-5-6-12(13)7-11/h11-13H,4-10,15H2,1-3H3. The molecule has 3 unspecified atom stereocenters. The molecule has 3 atom stereocenters. The van der Waals surface area contributed by atoms with Gasteiger partial charge < -0.3 is 5.73 Å². The van der Waals surface area contributed by atoms with Crippen LogP contribution in [0.25, 0.3) is 0 Å². The van der Waals surface area contributed by atoms with Gasteiger partial charge in [0, 0.05) is 12.6 Å². The van der Waals surface area contributed by atoms with Crippen LogP contribution in [0.2, 0.25) is 0 Å². The minimum absolute atomic E-state index is 0.276. The molecule has 2 N–H and O–H groups in total. The molecule has 0 saturated heterocycles. The zero-order valence-electron chi connectivity index (χ0n) is 11.2. The van der Waals surface area contributed by atoms with E-state index in [1.54, 1.807) is 0 Å². The summed E-state index contributed by atoms with van der Waals surface area (Å²) in [6.07, 6.45) is 5.94. The predicted molar refractivity (Wildman–Crippen MR) is 69.3 cm³/mol. The minimum atomic E-state index is 0.276. The summed E-state index contributed by atoms with van der Waals surface area (Å²) in [4.78, 5) is 2.71. The van der Waals surface area contributed by atoms with E-state index in [9.17, 15) is 0 Å². The second kappa shape index (κ2) is 4.66. The van der Waals surface area contributed by atoms with E-state index in [0.717, 1.165) is 24.4 Å². The van der Waals surface area contributed by atoms with Gasteiger partial charge in [0.2, 0.25) is 0 Å². The molecule has 0 aromatic carbocycles. The molecule has 2 saturated carbocycles. The van der Waals surface area contributed by atoms with Gasteiger partial charge in [0.05, 0.1) is 0 Å². The van der Waals surface area contributed by atoms with Gasteiger partial charge in [-0.3, -0.25) is 4.90 Å². The van der Waals surface area contributed by atoms with Gasteiger partial charge in [-0.15, -0.1) is 0 Å². The van der Waals surface area contributed by atoms with Crippen molar-refractivity contribution in [2.75, 3.05) is 19.6 Å². The van der Waals surface area contributed by atoms with Gasteiger partial charge in [-0.25, -0.2) is 0 Å². The number of nitrogens with two attached hydrogens (primary N) is 1. The van der Waals surface area contributed by atoms with Crippen LogP contribution in [0.3, 0.4) is 0 Å². The zero-order chi connectivity index (χ0) is 11.8. The second-order valence-corrected chi connectivity index (χ2v) is 6.67. The summed E-state index contributed by atoms with van der Waals surface area (Å²) in [5, 5.41) is 0. The Morgan fingerprint density at radius 3 is 2.44 bits per heavy atom. The second-order valence-electron chi connectivity index (χ2n) is 6.67. The van der Waals surface area contributed by atoms with Crippen molar-refractivity contribution in [1.82, 2.24) is 4.90 Å². The first-order chi connectivity index (χ1) is 7.55. The molecule has 2 aliphatic carbocycles. The highest BCUT2D eigenvalue weighted by Gasteiger charge is 2.42. The van der Waals surface area contributed by atoms with Crippen LogP contribution in [-0.2, 0) is 0 Å². The van der Waals surface area contributed by atoms with Gasteiger partial charge >= 0.3 is 0 Å². The van der Waals surface area contributed by atoms with Crippen LogP contribution >= 0.6 is 0 Å². The Kier molecular flexibility index (Phi) is 3.60. The Hall–Kier alpha value is -0.0800. The maximum atomic E-state index is 5.86. The molecule has 0 heterocycles. The van der Waals surface area contributed by atoms with Crippen LogP contribution < -0.4 is 5.73 Å². The van der Waals surface area contributed by atoms with Crippen LogP contribution in [0.4, 0.5) is 0 Å². The fourth-order valence-corrected chi connectivity index (χ4v) is 3.74. The van der Waals surface area contributed by atoms with E-state index in [1.165, 1.54) is 38.8 Å². The summed E-state index contributed by atoms with van der Waals surface area (Å²) in [5.41, 5.74) is 6.13. The number of rotatable bonds is 5. The Morgan fingerprint density at radius 2 is 2.00 bits per heavy atom. The number of hydrogen-bond donors (Lipinski definition) is 1. The van der Waals surface area contributed by atoms with Crippen LogP contribution in [0.15, 0.2) is 0 Å². The third-order valence-corrected chi connectivity index (χ3v) is 4.76. The van der Waals surface area contributed by atoms with Gasteiger partial charge in [0.25, 0.3) is 0 Å². The number of nitrogens with zero attached hydrogens (tertiary/aromatic N) is 1. The number of fused-ring (bicyclic) bond motifs is 2. The molecule has 0 radical (unpaired) electrons. The molecule has 94 valence electrons. The van der Waals surface area contributed by atoms with Crippen LogP contribution in [0.5, 0.6) is 0 Å². The van der Waals surface area contributed by atoms with E-state index in [1.807, 2.05) is 0 Å². The van der Waals surface area contributed by atoms with Gasteiger partial charge in [-0.2, -0.15) is 0 Å². The third-order valence-electron chi connectivity index (χ3n) is 4.76. The normalized spacial score (nSPS) is 33.9. The van der Waals surface area contributed by atoms with Crippen molar-refractivity contribution in [1.29, 1.82) is 0 Å². The van der Waals surface area contributed by atoms with Crippen molar-refractivity contribution in [3.05, 3.63) is 0 Å². The molecule has 0 aromatic heterocycles. The Labute approximate surface area is 101 Å². The highest BCUT2D eigenvalue weighted by molar-refractivity contribution is 4.96. The molecule has 0 spiro atoms. The minimum Gasteiger partial charge on any atom is -0.330 e. The Balaban J connectivity index is 1.95. The molecular formula is C14H28N2. The van der Waals surface area contributed by atoms with Gasteiger partial charge in [-0.1, -0.05) is 27.2 Å². The maximum absolute atomic E-state index is 5.86. The molecule has 2 nitrogen and oxygen atoms in total.